The van der Waals surface area contributed by atoms with Gasteiger partial charge in [0.15, 0.2) is 0 Å². The first kappa shape index (κ1) is 8.58. The Morgan fingerprint density at radius 2 is 2.15 bits per heavy atom. The summed E-state index contributed by atoms with van der Waals surface area (Å²) >= 11 is 5.90. The van der Waals surface area contributed by atoms with Gasteiger partial charge in [-0.2, -0.15) is 0 Å². The Labute approximate surface area is 83.5 Å². The van der Waals surface area contributed by atoms with E-state index in [1.807, 2.05) is 18.2 Å². The van der Waals surface area contributed by atoms with Crippen LogP contribution in [0.2, 0.25) is 5.02 Å². The van der Waals surface area contributed by atoms with E-state index in [-0.39, 0.29) is 0 Å². The lowest BCUT2D eigenvalue weighted by Gasteiger charge is -2.08. The Balaban J connectivity index is 2.34. The molecule has 0 fully saturated rings. The van der Waals surface area contributed by atoms with E-state index in [2.05, 4.69) is 30.7 Å². The molecule has 1 aliphatic carbocycles. The standard InChI is InChI=1S/C12H10Cl/c13-12-8-4-7-11(9-12)10-5-2-1-3-6-10/h1-2,4-9H,3H2. The number of hydrogen-bond donors (Lipinski definition) is 0. The van der Waals surface area contributed by atoms with E-state index in [1.54, 1.807) is 0 Å². The van der Waals surface area contributed by atoms with Gasteiger partial charge in [-0.1, -0.05) is 42.0 Å². The summed E-state index contributed by atoms with van der Waals surface area (Å²) < 4.78 is 0. The lowest BCUT2D eigenvalue weighted by Crippen LogP contribution is -1.88. The topological polar surface area (TPSA) is 0 Å². The molecule has 0 aromatic heterocycles. The minimum atomic E-state index is 0.793. The van der Waals surface area contributed by atoms with E-state index in [0.717, 1.165) is 11.4 Å². The van der Waals surface area contributed by atoms with Crippen LogP contribution in [-0.4, -0.2) is 0 Å². The van der Waals surface area contributed by atoms with Crippen molar-refractivity contribution in [2.24, 2.45) is 0 Å². The highest BCUT2D eigenvalue weighted by molar-refractivity contribution is 6.30. The zero-order valence-electron chi connectivity index (χ0n) is 7.20. The number of hydrogen-bond acceptors (Lipinski definition) is 0. The molecule has 0 N–H and O–H groups in total. The average Bonchev–Trinajstić information content (AvgIpc) is 2.19. The van der Waals surface area contributed by atoms with Gasteiger partial charge in [-0.15, -0.1) is 0 Å². The molecule has 1 radical (unpaired) electrons. The molecule has 0 unspecified atom stereocenters. The quantitative estimate of drug-likeness (QED) is 0.629. The molecular weight excluding hydrogens is 180 g/mol. The number of benzene rings is 1. The maximum absolute atomic E-state index is 5.90. The number of allylic oxidation sites excluding steroid dienone is 4. The molecular formula is C12H10Cl. The van der Waals surface area contributed by atoms with E-state index in [4.69, 9.17) is 11.6 Å². The second-order valence-corrected chi connectivity index (χ2v) is 3.44. The molecule has 0 saturated carbocycles. The molecule has 0 nitrogen and oxygen atoms in total. The fraction of sp³-hybridized carbons (Fsp3) is 0.0833. The molecule has 0 aliphatic heterocycles. The Hall–Kier alpha value is -1.01. The predicted molar refractivity (Wildman–Crippen MR) is 57.5 cm³/mol. The summed E-state index contributed by atoms with van der Waals surface area (Å²) in [6.45, 7) is 0. The van der Waals surface area contributed by atoms with Crippen molar-refractivity contribution in [3.05, 3.63) is 59.5 Å². The molecule has 0 amide bonds. The normalized spacial score (nSPS) is 15.6. The number of halogens is 1. The summed E-state index contributed by atoms with van der Waals surface area (Å²) in [5.74, 6) is 0. The Kier molecular flexibility index (Phi) is 2.51. The van der Waals surface area contributed by atoms with Crippen LogP contribution in [0.4, 0.5) is 0 Å². The third kappa shape index (κ3) is 2.02. The van der Waals surface area contributed by atoms with Gasteiger partial charge in [-0.3, -0.25) is 0 Å². The molecule has 1 aliphatic rings. The lowest BCUT2D eigenvalue weighted by atomic mass is 9.98. The molecule has 1 aromatic carbocycles. The third-order valence-electron chi connectivity index (χ3n) is 2.04. The van der Waals surface area contributed by atoms with Crippen molar-refractivity contribution in [3.8, 4) is 0 Å². The van der Waals surface area contributed by atoms with Crippen LogP contribution in [-0.2, 0) is 0 Å². The molecule has 0 spiro atoms. The first-order valence-electron chi connectivity index (χ1n) is 4.32. The van der Waals surface area contributed by atoms with Crippen LogP contribution in [0, 0.1) is 6.42 Å². The summed E-state index contributed by atoms with van der Waals surface area (Å²) in [6.07, 6.45) is 9.53. The Morgan fingerprint density at radius 1 is 1.23 bits per heavy atom. The summed E-state index contributed by atoms with van der Waals surface area (Å²) in [4.78, 5) is 0. The van der Waals surface area contributed by atoms with Crippen molar-refractivity contribution in [2.75, 3.05) is 0 Å². The van der Waals surface area contributed by atoms with Crippen LogP contribution in [0.3, 0.4) is 0 Å². The van der Waals surface area contributed by atoms with E-state index in [9.17, 15) is 0 Å². The Bertz CT molecular complexity index is 361. The van der Waals surface area contributed by atoms with Gasteiger partial charge in [0.05, 0.1) is 0 Å². The molecule has 0 saturated heterocycles. The maximum atomic E-state index is 5.90. The minimum Gasteiger partial charge on any atom is -0.0843 e. The van der Waals surface area contributed by atoms with Gasteiger partial charge in [-0.05, 0) is 36.1 Å². The van der Waals surface area contributed by atoms with Crippen LogP contribution in [0.1, 0.15) is 12.0 Å². The van der Waals surface area contributed by atoms with E-state index in [0.29, 0.717) is 0 Å². The van der Waals surface area contributed by atoms with Crippen molar-refractivity contribution in [3.63, 3.8) is 0 Å². The van der Waals surface area contributed by atoms with Gasteiger partial charge in [-0.25, -0.2) is 0 Å². The largest absolute Gasteiger partial charge is 0.0843 e. The summed E-state index contributed by atoms with van der Waals surface area (Å²) in [7, 11) is 0. The highest BCUT2D eigenvalue weighted by atomic mass is 35.5. The monoisotopic (exact) mass is 189 g/mol. The van der Waals surface area contributed by atoms with E-state index in [1.165, 1.54) is 11.1 Å². The van der Waals surface area contributed by atoms with Crippen LogP contribution >= 0.6 is 11.6 Å². The van der Waals surface area contributed by atoms with Gasteiger partial charge >= 0.3 is 0 Å². The SMILES string of the molecule is Clc1cccc(C2=CC=CC[CH]2)c1. The fourth-order valence-electron chi connectivity index (χ4n) is 1.40. The van der Waals surface area contributed by atoms with Crippen LogP contribution in [0.5, 0.6) is 0 Å². The summed E-state index contributed by atoms with van der Waals surface area (Å²) in [5, 5.41) is 0.793. The zero-order valence-corrected chi connectivity index (χ0v) is 7.96. The molecule has 13 heavy (non-hydrogen) atoms. The first-order chi connectivity index (χ1) is 6.36. The van der Waals surface area contributed by atoms with Crippen LogP contribution in [0.25, 0.3) is 5.57 Å². The third-order valence-corrected chi connectivity index (χ3v) is 2.28. The van der Waals surface area contributed by atoms with Crippen LogP contribution < -0.4 is 0 Å². The highest BCUT2D eigenvalue weighted by Gasteiger charge is 2.03. The van der Waals surface area contributed by atoms with Crippen molar-refractivity contribution < 1.29 is 0 Å². The molecule has 1 aromatic rings. The van der Waals surface area contributed by atoms with E-state index < -0.39 is 0 Å². The van der Waals surface area contributed by atoms with Gasteiger partial charge in [0, 0.05) is 5.02 Å². The summed E-state index contributed by atoms with van der Waals surface area (Å²) in [6, 6.07) is 7.94. The van der Waals surface area contributed by atoms with Crippen molar-refractivity contribution in [1.82, 2.24) is 0 Å². The second kappa shape index (κ2) is 3.80. The zero-order chi connectivity index (χ0) is 9.10. The van der Waals surface area contributed by atoms with Crippen molar-refractivity contribution >= 4 is 17.2 Å². The first-order valence-corrected chi connectivity index (χ1v) is 4.70. The minimum absolute atomic E-state index is 0.793. The molecule has 0 atom stereocenters. The summed E-state index contributed by atoms with van der Waals surface area (Å²) in [5.41, 5.74) is 2.45. The predicted octanol–water partition coefficient (Wildman–Crippen LogP) is 3.89. The number of rotatable bonds is 1. The van der Waals surface area contributed by atoms with Gasteiger partial charge in [0.25, 0.3) is 0 Å². The van der Waals surface area contributed by atoms with Gasteiger partial charge in [0.1, 0.15) is 0 Å². The average molecular weight is 190 g/mol. The fourth-order valence-corrected chi connectivity index (χ4v) is 1.59. The second-order valence-electron chi connectivity index (χ2n) is 3.00. The smallest absolute Gasteiger partial charge is 0.0412 e. The van der Waals surface area contributed by atoms with Crippen LogP contribution in [0.15, 0.2) is 42.5 Å². The maximum Gasteiger partial charge on any atom is 0.0412 e. The molecule has 1 heteroatoms. The van der Waals surface area contributed by atoms with Gasteiger partial charge < -0.3 is 0 Å². The van der Waals surface area contributed by atoms with Crippen molar-refractivity contribution in [2.45, 2.75) is 6.42 Å². The lowest BCUT2D eigenvalue weighted by molar-refractivity contribution is 1.27. The molecule has 65 valence electrons. The van der Waals surface area contributed by atoms with Crippen molar-refractivity contribution in [1.29, 1.82) is 0 Å². The van der Waals surface area contributed by atoms with E-state index >= 15 is 0 Å². The highest BCUT2D eigenvalue weighted by Crippen LogP contribution is 2.24. The molecule has 0 heterocycles. The molecule has 2 rings (SSSR count). The Morgan fingerprint density at radius 3 is 2.85 bits per heavy atom. The molecule has 0 bridgehead atoms. The van der Waals surface area contributed by atoms with Gasteiger partial charge in [0.2, 0.25) is 0 Å².